The zero-order valence-corrected chi connectivity index (χ0v) is 14.2. The molecule has 24 heavy (non-hydrogen) atoms. The SMILES string of the molecule is Cc1c(C(=O)N2CCC(O)(C(F)(F)F)CC2)cnn1CCC(C)C. The van der Waals surface area contributed by atoms with Gasteiger partial charge in [-0.15, -0.1) is 0 Å². The molecular weight excluding hydrogens is 323 g/mol. The van der Waals surface area contributed by atoms with Gasteiger partial charge in [-0.1, -0.05) is 13.8 Å². The fourth-order valence-corrected chi connectivity index (χ4v) is 2.80. The van der Waals surface area contributed by atoms with Gasteiger partial charge in [0.1, 0.15) is 0 Å². The first-order valence-electron chi connectivity index (χ1n) is 8.16. The molecule has 1 amide bonds. The van der Waals surface area contributed by atoms with Crippen LogP contribution >= 0.6 is 0 Å². The number of hydrogen-bond donors (Lipinski definition) is 1. The van der Waals surface area contributed by atoms with Crippen LogP contribution in [-0.2, 0) is 6.54 Å². The van der Waals surface area contributed by atoms with E-state index in [1.54, 1.807) is 11.6 Å². The van der Waals surface area contributed by atoms with Crippen LogP contribution in [0.15, 0.2) is 6.20 Å². The molecule has 1 aliphatic rings. The molecule has 0 aromatic carbocycles. The van der Waals surface area contributed by atoms with Gasteiger partial charge in [0.25, 0.3) is 5.91 Å². The summed E-state index contributed by atoms with van der Waals surface area (Å²) in [5, 5.41) is 13.9. The summed E-state index contributed by atoms with van der Waals surface area (Å²) in [6.45, 7) is 6.44. The van der Waals surface area contributed by atoms with Crippen molar-refractivity contribution in [1.82, 2.24) is 14.7 Å². The molecule has 1 aromatic heterocycles. The second kappa shape index (κ2) is 6.74. The zero-order valence-electron chi connectivity index (χ0n) is 14.2. The number of alkyl halides is 3. The highest BCUT2D eigenvalue weighted by molar-refractivity contribution is 5.95. The Morgan fingerprint density at radius 2 is 1.96 bits per heavy atom. The number of rotatable bonds is 4. The zero-order chi connectivity index (χ0) is 18.1. The molecule has 2 heterocycles. The smallest absolute Gasteiger partial charge is 0.380 e. The molecule has 0 radical (unpaired) electrons. The lowest BCUT2D eigenvalue weighted by Crippen LogP contribution is -2.54. The molecule has 0 aliphatic carbocycles. The fraction of sp³-hybridized carbons (Fsp3) is 0.750. The van der Waals surface area contributed by atoms with Crippen molar-refractivity contribution in [2.24, 2.45) is 5.92 Å². The van der Waals surface area contributed by atoms with Crippen molar-refractivity contribution in [3.8, 4) is 0 Å². The molecule has 0 saturated carbocycles. The predicted octanol–water partition coefficient (Wildman–Crippen LogP) is 2.77. The number of aryl methyl sites for hydroxylation is 1. The number of halogens is 3. The van der Waals surface area contributed by atoms with Crippen molar-refractivity contribution in [1.29, 1.82) is 0 Å². The molecule has 1 saturated heterocycles. The topological polar surface area (TPSA) is 58.4 Å². The van der Waals surface area contributed by atoms with Crippen molar-refractivity contribution in [3.63, 3.8) is 0 Å². The third-order valence-electron chi connectivity index (χ3n) is 4.66. The van der Waals surface area contributed by atoms with E-state index < -0.39 is 24.6 Å². The van der Waals surface area contributed by atoms with E-state index in [1.807, 2.05) is 0 Å². The summed E-state index contributed by atoms with van der Waals surface area (Å²) in [6, 6.07) is 0. The second-order valence-electron chi connectivity index (χ2n) is 6.87. The van der Waals surface area contributed by atoms with E-state index in [1.165, 1.54) is 11.1 Å². The first-order chi connectivity index (χ1) is 11.0. The van der Waals surface area contributed by atoms with Crippen molar-refractivity contribution in [2.45, 2.75) is 58.4 Å². The first-order valence-corrected chi connectivity index (χ1v) is 8.16. The Morgan fingerprint density at radius 1 is 1.38 bits per heavy atom. The van der Waals surface area contributed by atoms with Gasteiger partial charge in [0.2, 0.25) is 0 Å². The minimum Gasteiger partial charge on any atom is -0.380 e. The summed E-state index contributed by atoms with van der Waals surface area (Å²) in [7, 11) is 0. The Bertz CT molecular complexity index is 588. The molecule has 8 heteroatoms. The standard InChI is InChI=1S/C16H24F3N3O2/c1-11(2)4-7-22-12(3)13(10-20-22)14(23)21-8-5-15(24,6-9-21)16(17,18)19/h10-11,24H,4-9H2,1-3H3. The van der Waals surface area contributed by atoms with Crippen molar-refractivity contribution in [3.05, 3.63) is 17.5 Å². The summed E-state index contributed by atoms with van der Waals surface area (Å²) in [4.78, 5) is 13.9. The van der Waals surface area contributed by atoms with E-state index in [-0.39, 0.29) is 19.0 Å². The van der Waals surface area contributed by atoms with Gasteiger partial charge in [0, 0.05) is 38.2 Å². The van der Waals surface area contributed by atoms with Gasteiger partial charge in [-0.2, -0.15) is 18.3 Å². The van der Waals surface area contributed by atoms with Crippen molar-refractivity contribution in [2.75, 3.05) is 13.1 Å². The summed E-state index contributed by atoms with van der Waals surface area (Å²) in [5.41, 5.74) is -1.56. The number of aromatic nitrogens is 2. The number of likely N-dealkylation sites (tertiary alicyclic amines) is 1. The Labute approximate surface area is 139 Å². The number of hydrogen-bond acceptors (Lipinski definition) is 3. The Hall–Kier alpha value is -1.57. The van der Waals surface area contributed by atoms with Crippen molar-refractivity contribution < 1.29 is 23.1 Å². The number of aliphatic hydroxyl groups is 1. The summed E-state index contributed by atoms with van der Waals surface area (Å²) in [5.74, 6) is 0.183. The average molecular weight is 347 g/mol. The maximum Gasteiger partial charge on any atom is 0.417 e. The first kappa shape index (κ1) is 18.8. The van der Waals surface area contributed by atoms with E-state index in [9.17, 15) is 23.1 Å². The van der Waals surface area contributed by atoms with Gasteiger partial charge in [0.05, 0.1) is 11.8 Å². The van der Waals surface area contributed by atoms with E-state index in [2.05, 4.69) is 18.9 Å². The third-order valence-corrected chi connectivity index (χ3v) is 4.66. The highest BCUT2D eigenvalue weighted by Gasteiger charge is 2.55. The van der Waals surface area contributed by atoms with Gasteiger partial charge in [-0.05, 0) is 19.3 Å². The van der Waals surface area contributed by atoms with Gasteiger partial charge in [-0.3, -0.25) is 9.48 Å². The molecule has 0 unspecified atom stereocenters. The maximum absolute atomic E-state index is 12.8. The van der Waals surface area contributed by atoms with Gasteiger partial charge in [-0.25, -0.2) is 0 Å². The highest BCUT2D eigenvalue weighted by Crippen LogP contribution is 2.38. The molecule has 1 fully saturated rings. The van der Waals surface area contributed by atoms with Crippen LogP contribution < -0.4 is 0 Å². The number of carbonyl (C=O) groups is 1. The average Bonchev–Trinajstić information content (AvgIpc) is 2.85. The van der Waals surface area contributed by atoms with E-state index in [4.69, 9.17) is 0 Å². The molecule has 0 spiro atoms. The molecule has 5 nitrogen and oxygen atoms in total. The van der Waals surface area contributed by atoms with Crippen molar-refractivity contribution >= 4 is 5.91 Å². The Morgan fingerprint density at radius 3 is 2.46 bits per heavy atom. The van der Waals surface area contributed by atoms with Gasteiger partial charge in [0.15, 0.2) is 5.60 Å². The summed E-state index contributed by atoms with van der Waals surface area (Å²) >= 11 is 0. The second-order valence-corrected chi connectivity index (χ2v) is 6.87. The van der Waals surface area contributed by atoms with Crippen LogP contribution in [0.4, 0.5) is 13.2 Å². The number of piperidine rings is 1. The van der Waals surface area contributed by atoms with Crippen LogP contribution in [-0.4, -0.2) is 50.6 Å². The monoisotopic (exact) mass is 347 g/mol. The summed E-state index contributed by atoms with van der Waals surface area (Å²) in [6.07, 6.45) is -3.26. The maximum atomic E-state index is 12.8. The number of nitrogens with zero attached hydrogens (tertiary/aromatic N) is 3. The van der Waals surface area contributed by atoms with Crippen LogP contribution in [0.3, 0.4) is 0 Å². The Kier molecular flexibility index (Phi) is 5.27. The normalized spacial score (nSPS) is 18.2. The molecule has 1 N–H and O–H groups in total. The van der Waals surface area contributed by atoms with Gasteiger partial charge >= 0.3 is 6.18 Å². The molecular formula is C16H24F3N3O2. The van der Waals surface area contributed by atoms with E-state index >= 15 is 0 Å². The van der Waals surface area contributed by atoms with Gasteiger partial charge < -0.3 is 10.0 Å². The quantitative estimate of drug-likeness (QED) is 0.911. The van der Waals surface area contributed by atoms with Crippen LogP contribution in [0.25, 0.3) is 0 Å². The predicted molar refractivity (Wildman–Crippen MR) is 82.6 cm³/mol. The van der Waals surface area contributed by atoms with Crippen LogP contribution in [0.5, 0.6) is 0 Å². The minimum absolute atomic E-state index is 0.120. The van der Waals surface area contributed by atoms with Crippen LogP contribution in [0.2, 0.25) is 0 Å². The molecule has 0 atom stereocenters. The van der Waals surface area contributed by atoms with Crippen LogP contribution in [0, 0.1) is 12.8 Å². The van der Waals surface area contributed by atoms with E-state index in [0.29, 0.717) is 18.0 Å². The largest absolute Gasteiger partial charge is 0.417 e. The highest BCUT2D eigenvalue weighted by atomic mass is 19.4. The lowest BCUT2D eigenvalue weighted by Gasteiger charge is -2.39. The van der Waals surface area contributed by atoms with E-state index in [0.717, 1.165) is 12.1 Å². The lowest BCUT2D eigenvalue weighted by atomic mass is 9.90. The number of carbonyl (C=O) groups excluding carboxylic acids is 1. The molecule has 0 bridgehead atoms. The fourth-order valence-electron chi connectivity index (χ4n) is 2.80. The molecule has 1 aromatic rings. The third kappa shape index (κ3) is 3.74. The minimum atomic E-state index is -4.67. The molecule has 1 aliphatic heterocycles. The number of amides is 1. The molecule has 136 valence electrons. The lowest BCUT2D eigenvalue weighted by molar-refractivity contribution is -0.271. The summed E-state index contributed by atoms with van der Waals surface area (Å²) < 4.78 is 40.2. The Balaban J connectivity index is 2.04. The molecule has 2 rings (SSSR count). The van der Waals surface area contributed by atoms with Crippen LogP contribution in [0.1, 0.15) is 49.2 Å².